The molecule has 0 aliphatic rings. The molecule has 2 aromatic carbocycles. The Morgan fingerprint density at radius 1 is 1.11 bits per heavy atom. The summed E-state index contributed by atoms with van der Waals surface area (Å²) in [7, 11) is 0. The molecule has 0 spiro atoms. The van der Waals surface area contributed by atoms with Gasteiger partial charge in [-0.1, -0.05) is 12.1 Å². The van der Waals surface area contributed by atoms with Crippen molar-refractivity contribution in [2.45, 2.75) is 0 Å². The third-order valence-corrected chi connectivity index (χ3v) is 2.55. The maximum atomic E-state index is 10.7. The topological polar surface area (TPSA) is 87.1 Å². The molecular formula is C14H10N2O2. The van der Waals surface area contributed by atoms with Gasteiger partial charge in [0.2, 0.25) is 0 Å². The summed E-state index contributed by atoms with van der Waals surface area (Å²) in [5.74, 6) is -0.966. The van der Waals surface area contributed by atoms with E-state index in [-0.39, 0.29) is 5.56 Å². The second-order valence-corrected chi connectivity index (χ2v) is 3.84. The van der Waals surface area contributed by atoms with Crippen LogP contribution in [0.2, 0.25) is 0 Å². The fourth-order valence-corrected chi connectivity index (χ4v) is 1.69. The normalized spacial score (nSPS) is 9.72. The largest absolute Gasteiger partial charge is 0.478 e. The summed E-state index contributed by atoms with van der Waals surface area (Å²) in [6.45, 7) is 0. The van der Waals surface area contributed by atoms with Crippen molar-refractivity contribution in [3.63, 3.8) is 0 Å². The Hall–Kier alpha value is -2.80. The maximum Gasteiger partial charge on any atom is 0.335 e. The molecule has 0 aliphatic heterocycles. The predicted molar refractivity (Wildman–Crippen MR) is 68.0 cm³/mol. The van der Waals surface area contributed by atoms with E-state index in [0.29, 0.717) is 11.3 Å². The van der Waals surface area contributed by atoms with Crippen molar-refractivity contribution >= 4 is 11.7 Å². The van der Waals surface area contributed by atoms with Gasteiger partial charge in [-0.2, -0.15) is 5.26 Å². The number of carbonyl (C=O) groups is 1. The molecule has 0 fully saturated rings. The third kappa shape index (κ3) is 2.30. The van der Waals surface area contributed by atoms with Crippen molar-refractivity contribution < 1.29 is 9.90 Å². The first-order valence-corrected chi connectivity index (χ1v) is 5.24. The van der Waals surface area contributed by atoms with E-state index in [4.69, 9.17) is 16.1 Å². The van der Waals surface area contributed by atoms with E-state index in [0.717, 1.165) is 11.1 Å². The summed E-state index contributed by atoms with van der Waals surface area (Å²) >= 11 is 0. The monoisotopic (exact) mass is 238 g/mol. The lowest BCUT2D eigenvalue weighted by molar-refractivity contribution is 0.0697. The van der Waals surface area contributed by atoms with Crippen LogP contribution in [0.3, 0.4) is 0 Å². The first kappa shape index (κ1) is 11.7. The zero-order valence-corrected chi connectivity index (χ0v) is 9.42. The van der Waals surface area contributed by atoms with E-state index in [2.05, 4.69) is 0 Å². The van der Waals surface area contributed by atoms with Crippen LogP contribution in [0.4, 0.5) is 5.69 Å². The molecule has 0 heterocycles. The van der Waals surface area contributed by atoms with Crippen LogP contribution < -0.4 is 5.73 Å². The summed E-state index contributed by atoms with van der Waals surface area (Å²) in [5.41, 5.74) is 8.53. The molecule has 4 nitrogen and oxygen atoms in total. The summed E-state index contributed by atoms with van der Waals surface area (Å²) in [6.07, 6.45) is 0. The van der Waals surface area contributed by atoms with E-state index in [1.165, 1.54) is 12.1 Å². The molecule has 0 amide bonds. The Kier molecular flexibility index (Phi) is 2.98. The van der Waals surface area contributed by atoms with Crippen molar-refractivity contribution in [2.24, 2.45) is 0 Å². The average Bonchev–Trinajstić information content (AvgIpc) is 2.38. The minimum atomic E-state index is -0.966. The number of hydrogen-bond donors (Lipinski definition) is 2. The number of nitrogen functional groups attached to an aromatic ring is 1. The molecule has 0 aromatic heterocycles. The first-order valence-electron chi connectivity index (χ1n) is 5.24. The van der Waals surface area contributed by atoms with Gasteiger partial charge in [0, 0.05) is 5.69 Å². The third-order valence-electron chi connectivity index (χ3n) is 2.55. The SMILES string of the molecule is N#Cc1cc(N)cc(-c2ccc(C(=O)O)cc2)c1. The molecule has 0 bridgehead atoms. The fraction of sp³-hybridized carbons (Fsp3) is 0. The molecule has 0 saturated carbocycles. The van der Waals surface area contributed by atoms with E-state index in [9.17, 15) is 4.79 Å². The summed E-state index contributed by atoms with van der Waals surface area (Å²) in [5, 5.41) is 17.7. The predicted octanol–water partition coefficient (Wildman–Crippen LogP) is 2.51. The highest BCUT2D eigenvalue weighted by Gasteiger charge is 2.04. The van der Waals surface area contributed by atoms with Crippen molar-refractivity contribution in [1.29, 1.82) is 5.26 Å². The minimum absolute atomic E-state index is 0.225. The zero-order valence-electron chi connectivity index (χ0n) is 9.42. The Balaban J connectivity index is 2.46. The lowest BCUT2D eigenvalue weighted by Gasteiger charge is -2.04. The Bertz CT molecular complexity index is 640. The minimum Gasteiger partial charge on any atom is -0.478 e. The quantitative estimate of drug-likeness (QED) is 0.787. The van der Waals surface area contributed by atoms with Gasteiger partial charge in [-0.15, -0.1) is 0 Å². The molecule has 2 rings (SSSR count). The number of carboxylic acid groups (broad SMARTS) is 1. The van der Waals surface area contributed by atoms with Crippen LogP contribution in [0.15, 0.2) is 42.5 Å². The lowest BCUT2D eigenvalue weighted by Crippen LogP contribution is -1.95. The van der Waals surface area contributed by atoms with Gasteiger partial charge in [0.15, 0.2) is 0 Å². The smallest absolute Gasteiger partial charge is 0.335 e. The Morgan fingerprint density at radius 3 is 2.33 bits per heavy atom. The molecule has 0 radical (unpaired) electrons. The highest BCUT2D eigenvalue weighted by atomic mass is 16.4. The Labute approximate surface area is 104 Å². The van der Waals surface area contributed by atoms with E-state index >= 15 is 0 Å². The number of anilines is 1. The van der Waals surface area contributed by atoms with Crippen molar-refractivity contribution in [3.05, 3.63) is 53.6 Å². The standard InChI is InChI=1S/C14H10N2O2/c15-8-9-5-12(7-13(16)6-9)10-1-3-11(4-2-10)14(17)18/h1-7H,16H2,(H,17,18). The molecule has 0 atom stereocenters. The highest BCUT2D eigenvalue weighted by Crippen LogP contribution is 2.23. The van der Waals surface area contributed by atoms with E-state index in [1.54, 1.807) is 30.3 Å². The van der Waals surface area contributed by atoms with Gasteiger partial charge < -0.3 is 10.8 Å². The molecule has 0 aliphatic carbocycles. The maximum absolute atomic E-state index is 10.7. The molecule has 0 saturated heterocycles. The van der Waals surface area contributed by atoms with Crippen LogP contribution in [0, 0.1) is 11.3 Å². The summed E-state index contributed by atoms with van der Waals surface area (Å²) in [4.78, 5) is 10.7. The number of rotatable bonds is 2. The second kappa shape index (κ2) is 4.60. The van der Waals surface area contributed by atoms with Crippen LogP contribution in [-0.2, 0) is 0 Å². The fourth-order valence-electron chi connectivity index (χ4n) is 1.69. The van der Waals surface area contributed by atoms with Gasteiger partial charge in [-0.25, -0.2) is 4.79 Å². The van der Waals surface area contributed by atoms with Gasteiger partial charge in [-0.3, -0.25) is 0 Å². The molecule has 88 valence electrons. The molecular weight excluding hydrogens is 228 g/mol. The van der Waals surface area contributed by atoms with Crippen LogP contribution in [0.1, 0.15) is 15.9 Å². The number of nitrogens with two attached hydrogens (primary N) is 1. The van der Waals surface area contributed by atoms with Crippen molar-refractivity contribution in [2.75, 3.05) is 5.73 Å². The van der Waals surface area contributed by atoms with E-state index < -0.39 is 5.97 Å². The highest BCUT2D eigenvalue weighted by molar-refractivity contribution is 5.88. The van der Waals surface area contributed by atoms with Crippen LogP contribution in [-0.4, -0.2) is 11.1 Å². The average molecular weight is 238 g/mol. The van der Waals surface area contributed by atoms with Crippen LogP contribution >= 0.6 is 0 Å². The van der Waals surface area contributed by atoms with Crippen molar-refractivity contribution in [3.8, 4) is 17.2 Å². The van der Waals surface area contributed by atoms with Crippen LogP contribution in [0.5, 0.6) is 0 Å². The van der Waals surface area contributed by atoms with Gasteiger partial charge in [0.05, 0.1) is 17.2 Å². The zero-order chi connectivity index (χ0) is 13.1. The molecule has 0 unspecified atom stereocenters. The summed E-state index contributed by atoms with van der Waals surface area (Å²) < 4.78 is 0. The molecule has 4 heteroatoms. The summed E-state index contributed by atoms with van der Waals surface area (Å²) in [6, 6.07) is 13.5. The van der Waals surface area contributed by atoms with Crippen LogP contribution in [0.25, 0.3) is 11.1 Å². The number of benzene rings is 2. The van der Waals surface area contributed by atoms with Gasteiger partial charge >= 0.3 is 5.97 Å². The van der Waals surface area contributed by atoms with Gasteiger partial charge in [-0.05, 0) is 41.5 Å². The molecule has 3 N–H and O–H groups in total. The molecule has 2 aromatic rings. The molecule has 18 heavy (non-hydrogen) atoms. The number of aromatic carboxylic acids is 1. The van der Waals surface area contributed by atoms with E-state index in [1.807, 2.05) is 6.07 Å². The second-order valence-electron chi connectivity index (χ2n) is 3.84. The van der Waals surface area contributed by atoms with Crippen molar-refractivity contribution in [1.82, 2.24) is 0 Å². The Morgan fingerprint density at radius 2 is 1.78 bits per heavy atom. The number of nitriles is 1. The number of carboxylic acids is 1. The van der Waals surface area contributed by atoms with Gasteiger partial charge in [0.25, 0.3) is 0 Å². The van der Waals surface area contributed by atoms with Gasteiger partial charge in [0.1, 0.15) is 0 Å². The number of hydrogen-bond acceptors (Lipinski definition) is 3. The number of nitrogens with zero attached hydrogens (tertiary/aromatic N) is 1. The lowest BCUT2D eigenvalue weighted by atomic mass is 10.0. The first-order chi connectivity index (χ1) is 8.60.